The predicted octanol–water partition coefficient (Wildman–Crippen LogP) is 4.68. The summed E-state index contributed by atoms with van der Waals surface area (Å²) in [6.07, 6.45) is 6.12. The standard InChI is InChI=1S/C27H30N2O6S/c1-27(2,3)23-15-19(21-8-7-13-28-25(21)30)14-18(24(23)34-4)10-9-17-11-12-20(29-36(6,32)33)16-22(17)26(31)35-5/h7-16,29H,1-6H3,(H,28,30)/b10-9+. The monoisotopic (exact) mass is 510 g/mol. The Balaban J connectivity index is 2.20. The van der Waals surface area contributed by atoms with Crippen molar-refractivity contribution in [3.8, 4) is 16.9 Å². The molecule has 2 aromatic carbocycles. The number of nitrogens with one attached hydrogen (secondary N) is 2. The van der Waals surface area contributed by atoms with E-state index in [0.29, 0.717) is 22.4 Å². The normalized spacial score (nSPS) is 11.9. The second-order valence-corrected chi connectivity index (χ2v) is 11.1. The Morgan fingerprint density at radius 1 is 1.03 bits per heavy atom. The van der Waals surface area contributed by atoms with Crippen molar-refractivity contribution in [3.05, 3.63) is 81.3 Å². The SMILES string of the molecule is COC(=O)c1cc(NS(C)(=O)=O)ccc1/C=C/c1cc(-c2ccc[nH]c2=O)cc(C(C)(C)C)c1OC. The second-order valence-electron chi connectivity index (χ2n) is 9.31. The van der Waals surface area contributed by atoms with E-state index >= 15 is 0 Å². The van der Waals surface area contributed by atoms with E-state index in [4.69, 9.17) is 9.47 Å². The number of methoxy groups -OCH3 is 2. The maximum absolute atomic E-state index is 12.5. The minimum atomic E-state index is -3.52. The van der Waals surface area contributed by atoms with E-state index in [0.717, 1.165) is 17.4 Å². The van der Waals surface area contributed by atoms with Gasteiger partial charge in [-0.3, -0.25) is 9.52 Å². The lowest BCUT2D eigenvalue weighted by atomic mass is 9.83. The first kappa shape index (κ1) is 26.7. The van der Waals surface area contributed by atoms with Crippen molar-refractivity contribution in [1.29, 1.82) is 0 Å². The fourth-order valence-corrected chi connectivity index (χ4v) is 4.36. The Kier molecular flexibility index (Phi) is 7.74. The number of hydrogen-bond acceptors (Lipinski definition) is 6. The van der Waals surface area contributed by atoms with Gasteiger partial charge in [-0.2, -0.15) is 0 Å². The third-order valence-electron chi connectivity index (χ3n) is 5.46. The molecule has 9 heteroatoms. The number of pyridine rings is 1. The number of H-pyrrole nitrogens is 1. The zero-order valence-corrected chi connectivity index (χ0v) is 21.9. The average Bonchev–Trinajstić information content (AvgIpc) is 2.80. The van der Waals surface area contributed by atoms with Gasteiger partial charge in [0.15, 0.2) is 0 Å². The van der Waals surface area contributed by atoms with Gasteiger partial charge in [0.05, 0.1) is 26.0 Å². The summed E-state index contributed by atoms with van der Waals surface area (Å²) in [6, 6.07) is 11.9. The van der Waals surface area contributed by atoms with Gasteiger partial charge >= 0.3 is 5.97 Å². The molecule has 0 aliphatic carbocycles. The first-order valence-electron chi connectivity index (χ1n) is 11.1. The van der Waals surface area contributed by atoms with Crippen LogP contribution in [0.2, 0.25) is 0 Å². The lowest BCUT2D eigenvalue weighted by molar-refractivity contribution is 0.0600. The van der Waals surface area contributed by atoms with Crippen LogP contribution in [0.3, 0.4) is 0 Å². The number of aromatic nitrogens is 1. The average molecular weight is 511 g/mol. The van der Waals surface area contributed by atoms with E-state index in [9.17, 15) is 18.0 Å². The van der Waals surface area contributed by atoms with Crippen LogP contribution in [0.4, 0.5) is 5.69 Å². The second kappa shape index (κ2) is 10.4. The van der Waals surface area contributed by atoms with Crippen molar-refractivity contribution >= 4 is 33.8 Å². The van der Waals surface area contributed by atoms with Crippen LogP contribution in [0.5, 0.6) is 5.75 Å². The lowest BCUT2D eigenvalue weighted by Gasteiger charge is -2.24. The minimum Gasteiger partial charge on any atom is -0.496 e. The Hall–Kier alpha value is -3.85. The summed E-state index contributed by atoms with van der Waals surface area (Å²) in [5, 5.41) is 0. The molecule has 190 valence electrons. The molecule has 8 nitrogen and oxygen atoms in total. The number of carbonyl (C=O) groups excluding carboxylic acids is 1. The molecule has 0 aliphatic heterocycles. The summed E-state index contributed by atoms with van der Waals surface area (Å²) < 4.78 is 36.3. The van der Waals surface area contributed by atoms with Gasteiger partial charge < -0.3 is 14.5 Å². The molecule has 0 saturated carbocycles. The van der Waals surface area contributed by atoms with Gasteiger partial charge in [0, 0.05) is 28.6 Å². The van der Waals surface area contributed by atoms with Crippen LogP contribution in [-0.2, 0) is 20.2 Å². The molecule has 2 N–H and O–H groups in total. The largest absolute Gasteiger partial charge is 0.496 e. The predicted molar refractivity (Wildman–Crippen MR) is 143 cm³/mol. The summed E-state index contributed by atoms with van der Waals surface area (Å²) in [4.78, 5) is 27.7. The van der Waals surface area contributed by atoms with Crippen LogP contribution >= 0.6 is 0 Å². The zero-order chi connectivity index (χ0) is 26.7. The van der Waals surface area contributed by atoms with Crippen LogP contribution in [0.1, 0.15) is 47.8 Å². The van der Waals surface area contributed by atoms with Gasteiger partial charge in [-0.15, -0.1) is 0 Å². The van der Waals surface area contributed by atoms with E-state index in [1.54, 1.807) is 49.7 Å². The third kappa shape index (κ3) is 6.23. The van der Waals surface area contributed by atoms with E-state index in [-0.39, 0.29) is 22.2 Å². The quantitative estimate of drug-likeness (QED) is 0.352. The summed E-state index contributed by atoms with van der Waals surface area (Å²) in [7, 11) is -0.680. The summed E-state index contributed by atoms with van der Waals surface area (Å²) in [5.41, 5.74) is 3.31. The van der Waals surface area contributed by atoms with Gasteiger partial charge in [0.2, 0.25) is 10.0 Å². The van der Waals surface area contributed by atoms with E-state index < -0.39 is 16.0 Å². The molecular formula is C27H30N2O6S. The van der Waals surface area contributed by atoms with Gasteiger partial charge in [0.25, 0.3) is 5.56 Å². The highest BCUT2D eigenvalue weighted by molar-refractivity contribution is 7.92. The number of hydrogen-bond donors (Lipinski definition) is 2. The minimum absolute atomic E-state index is 0.188. The molecule has 1 heterocycles. The molecule has 0 unspecified atom stereocenters. The molecule has 3 aromatic rings. The van der Waals surface area contributed by atoms with Crippen molar-refractivity contribution in [2.24, 2.45) is 0 Å². The number of aromatic amines is 1. The number of ether oxygens (including phenoxy) is 2. The van der Waals surface area contributed by atoms with E-state index in [1.165, 1.54) is 13.2 Å². The Bertz CT molecular complexity index is 1480. The number of esters is 1. The van der Waals surface area contributed by atoms with Gasteiger partial charge in [0.1, 0.15) is 5.75 Å². The first-order valence-corrected chi connectivity index (χ1v) is 13.0. The topological polar surface area (TPSA) is 115 Å². The number of anilines is 1. The van der Waals surface area contributed by atoms with Gasteiger partial charge in [-0.25, -0.2) is 13.2 Å². The first-order chi connectivity index (χ1) is 16.8. The molecule has 0 aliphatic rings. The highest BCUT2D eigenvalue weighted by Gasteiger charge is 2.23. The molecule has 0 saturated heterocycles. The van der Waals surface area contributed by atoms with Gasteiger partial charge in [-0.1, -0.05) is 39.0 Å². The fourth-order valence-electron chi connectivity index (χ4n) is 3.81. The molecule has 0 bridgehead atoms. The number of carbonyl (C=O) groups is 1. The number of sulfonamides is 1. The number of rotatable bonds is 7. The summed E-state index contributed by atoms with van der Waals surface area (Å²) in [5.74, 6) is 0.0311. The highest BCUT2D eigenvalue weighted by atomic mass is 32.2. The summed E-state index contributed by atoms with van der Waals surface area (Å²) in [6.45, 7) is 6.17. The maximum atomic E-state index is 12.5. The molecule has 1 aromatic heterocycles. The maximum Gasteiger partial charge on any atom is 0.338 e. The highest BCUT2D eigenvalue weighted by Crippen LogP contribution is 2.38. The van der Waals surface area contributed by atoms with Crippen molar-refractivity contribution in [3.63, 3.8) is 0 Å². The fraction of sp³-hybridized carbons (Fsp3) is 0.259. The van der Waals surface area contributed by atoms with Gasteiger partial charge in [-0.05, 0) is 52.9 Å². The summed E-state index contributed by atoms with van der Waals surface area (Å²) >= 11 is 0. The van der Waals surface area contributed by atoms with Crippen LogP contribution in [-0.4, -0.2) is 39.8 Å². The molecule has 3 rings (SSSR count). The molecule has 0 spiro atoms. The van der Waals surface area contributed by atoms with Crippen molar-refractivity contribution in [2.75, 3.05) is 25.2 Å². The van der Waals surface area contributed by atoms with Crippen LogP contribution in [0.25, 0.3) is 23.3 Å². The molecule has 0 atom stereocenters. The zero-order valence-electron chi connectivity index (χ0n) is 21.1. The van der Waals surface area contributed by atoms with E-state index in [2.05, 4.69) is 30.5 Å². The molecule has 0 amide bonds. The molecule has 36 heavy (non-hydrogen) atoms. The third-order valence-corrected chi connectivity index (χ3v) is 6.07. The Morgan fingerprint density at radius 2 is 1.72 bits per heavy atom. The molecule has 0 radical (unpaired) electrons. The Labute approximate surface area is 211 Å². The number of benzene rings is 2. The lowest BCUT2D eigenvalue weighted by Crippen LogP contribution is -2.15. The Morgan fingerprint density at radius 3 is 2.31 bits per heavy atom. The van der Waals surface area contributed by atoms with Crippen LogP contribution in [0, 0.1) is 0 Å². The van der Waals surface area contributed by atoms with E-state index in [1.807, 2.05) is 12.1 Å². The van der Waals surface area contributed by atoms with Crippen LogP contribution < -0.4 is 15.0 Å². The van der Waals surface area contributed by atoms with Crippen molar-refractivity contribution in [2.45, 2.75) is 26.2 Å². The van der Waals surface area contributed by atoms with Crippen molar-refractivity contribution in [1.82, 2.24) is 4.98 Å². The van der Waals surface area contributed by atoms with Crippen LogP contribution in [0.15, 0.2) is 53.5 Å². The smallest absolute Gasteiger partial charge is 0.338 e. The molecule has 0 fully saturated rings. The molecular weight excluding hydrogens is 480 g/mol. The van der Waals surface area contributed by atoms with Crippen molar-refractivity contribution < 1.29 is 22.7 Å².